The predicted molar refractivity (Wildman–Crippen MR) is 108 cm³/mol. The van der Waals surface area contributed by atoms with E-state index in [1.165, 1.54) is 4.88 Å². The Balaban J connectivity index is 1.69. The molecule has 0 saturated heterocycles. The summed E-state index contributed by atoms with van der Waals surface area (Å²) in [4.78, 5) is 14.0. The van der Waals surface area contributed by atoms with Crippen molar-refractivity contribution in [3.8, 4) is 5.75 Å². The molecule has 0 spiro atoms. The molecule has 3 nitrogen and oxygen atoms in total. The van der Waals surface area contributed by atoms with Crippen LogP contribution < -0.4 is 4.74 Å². The summed E-state index contributed by atoms with van der Waals surface area (Å²) in [5, 5.41) is 2.81. The topological polar surface area (TPSA) is 31.2 Å². The Morgan fingerprint density at radius 2 is 2.00 bits per heavy atom. The predicted octanol–water partition coefficient (Wildman–Crippen LogP) is 5.98. The minimum Gasteiger partial charge on any atom is -0.484 e. The molecule has 0 saturated carbocycles. The number of benzene rings is 1. The number of rotatable bonds is 7. The van der Waals surface area contributed by atoms with Crippen LogP contribution in [0.2, 0.25) is 10.0 Å². The lowest BCUT2D eigenvalue weighted by Gasteiger charge is -2.10. The number of aromatic nitrogens is 1. The lowest BCUT2D eigenvalue weighted by Crippen LogP contribution is -2.13. The van der Waals surface area contributed by atoms with Crippen LogP contribution in [0.25, 0.3) is 0 Å². The van der Waals surface area contributed by atoms with Gasteiger partial charge in [-0.05, 0) is 49.9 Å². The molecule has 26 heavy (non-hydrogen) atoms. The molecule has 3 rings (SSSR count). The fourth-order valence-electron chi connectivity index (χ4n) is 2.92. The summed E-state index contributed by atoms with van der Waals surface area (Å²) in [5.74, 6) is 0.343. The van der Waals surface area contributed by atoms with Crippen LogP contribution in [0.4, 0.5) is 0 Å². The minimum absolute atomic E-state index is 0.0727. The SMILES string of the molecule is Cc1cc(C(=O)COc2cccc(Cl)c2Cl)c(C)n1CCc1cccs1. The van der Waals surface area contributed by atoms with Gasteiger partial charge in [0.25, 0.3) is 0 Å². The number of hydrogen-bond acceptors (Lipinski definition) is 3. The van der Waals surface area contributed by atoms with E-state index in [9.17, 15) is 4.79 Å². The number of ketones is 1. The van der Waals surface area contributed by atoms with Crippen molar-refractivity contribution in [2.75, 3.05) is 6.61 Å². The van der Waals surface area contributed by atoms with Gasteiger partial charge >= 0.3 is 0 Å². The van der Waals surface area contributed by atoms with Crippen LogP contribution in [0, 0.1) is 13.8 Å². The first-order valence-electron chi connectivity index (χ1n) is 8.26. The molecule has 3 aromatic rings. The maximum atomic E-state index is 12.6. The van der Waals surface area contributed by atoms with Gasteiger partial charge in [0, 0.05) is 28.4 Å². The molecule has 0 aliphatic rings. The summed E-state index contributed by atoms with van der Waals surface area (Å²) in [6.07, 6.45) is 0.955. The highest BCUT2D eigenvalue weighted by atomic mass is 35.5. The highest BCUT2D eigenvalue weighted by Gasteiger charge is 2.17. The van der Waals surface area contributed by atoms with E-state index in [2.05, 4.69) is 22.1 Å². The minimum atomic E-state index is -0.0741. The third kappa shape index (κ3) is 4.14. The van der Waals surface area contributed by atoms with Crippen LogP contribution in [0.1, 0.15) is 26.6 Å². The van der Waals surface area contributed by atoms with Gasteiger partial charge in [-0.25, -0.2) is 0 Å². The van der Waals surface area contributed by atoms with Gasteiger partial charge in [0.05, 0.1) is 5.02 Å². The molecule has 2 aromatic heterocycles. The van der Waals surface area contributed by atoms with Crippen LogP contribution in [0.5, 0.6) is 5.75 Å². The lowest BCUT2D eigenvalue weighted by molar-refractivity contribution is 0.0921. The van der Waals surface area contributed by atoms with Gasteiger partial charge < -0.3 is 9.30 Å². The van der Waals surface area contributed by atoms with E-state index in [-0.39, 0.29) is 12.4 Å². The molecule has 1 aromatic carbocycles. The van der Waals surface area contributed by atoms with Crippen molar-refractivity contribution in [3.05, 3.63) is 73.7 Å². The molecule has 6 heteroatoms. The Morgan fingerprint density at radius 1 is 1.19 bits per heavy atom. The number of nitrogens with zero attached hydrogens (tertiary/aromatic N) is 1. The molecular weight excluding hydrogens is 389 g/mol. The highest BCUT2D eigenvalue weighted by molar-refractivity contribution is 7.09. The van der Waals surface area contributed by atoms with Gasteiger partial charge in [-0.2, -0.15) is 0 Å². The van der Waals surface area contributed by atoms with Gasteiger partial charge in [-0.1, -0.05) is 35.3 Å². The zero-order valence-electron chi connectivity index (χ0n) is 14.6. The van der Waals surface area contributed by atoms with Crippen molar-refractivity contribution in [2.24, 2.45) is 0 Å². The van der Waals surface area contributed by atoms with Crippen LogP contribution in [-0.4, -0.2) is 17.0 Å². The fraction of sp³-hybridized carbons (Fsp3) is 0.250. The first kappa shape index (κ1) is 19.0. The molecule has 0 amide bonds. The number of Topliss-reactive ketones (excluding diaryl/α,β-unsaturated/α-hetero) is 1. The third-order valence-corrected chi connectivity index (χ3v) is 6.05. The van der Waals surface area contributed by atoms with Gasteiger partial charge in [0.15, 0.2) is 6.61 Å². The molecular formula is C20H19Cl2NO2S. The smallest absolute Gasteiger partial charge is 0.202 e. The summed E-state index contributed by atoms with van der Waals surface area (Å²) in [5.41, 5.74) is 2.72. The van der Waals surface area contributed by atoms with Crippen molar-refractivity contribution in [3.63, 3.8) is 0 Å². The summed E-state index contributed by atoms with van der Waals surface area (Å²) in [6, 6.07) is 11.2. The Labute approximate surface area is 167 Å². The Kier molecular flexibility index (Phi) is 6.07. The number of aryl methyl sites for hydroxylation is 2. The van der Waals surface area contributed by atoms with E-state index in [0.29, 0.717) is 21.4 Å². The summed E-state index contributed by atoms with van der Waals surface area (Å²) < 4.78 is 7.76. The molecule has 0 aliphatic heterocycles. The second-order valence-corrected chi connectivity index (χ2v) is 7.85. The normalized spacial score (nSPS) is 10.9. The highest BCUT2D eigenvalue weighted by Crippen LogP contribution is 2.31. The summed E-state index contributed by atoms with van der Waals surface area (Å²) in [6.45, 7) is 4.77. The van der Waals surface area contributed by atoms with Crippen LogP contribution >= 0.6 is 34.5 Å². The molecule has 0 N–H and O–H groups in total. The van der Waals surface area contributed by atoms with Gasteiger partial charge in [0.2, 0.25) is 5.78 Å². The maximum Gasteiger partial charge on any atom is 0.202 e. The summed E-state index contributed by atoms with van der Waals surface area (Å²) in [7, 11) is 0. The standard InChI is InChI=1S/C20H19Cl2NO2S/c1-13-11-16(14(2)23(13)9-8-15-5-4-10-26-15)18(24)12-25-19-7-3-6-17(21)20(19)22/h3-7,10-11H,8-9,12H2,1-2H3. The van der Waals surface area contributed by atoms with Crippen LogP contribution in [0.15, 0.2) is 41.8 Å². The molecule has 0 fully saturated rings. The fourth-order valence-corrected chi connectivity index (χ4v) is 3.97. The number of ether oxygens (including phenoxy) is 1. The van der Waals surface area contributed by atoms with E-state index in [4.69, 9.17) is 27.9 Å². The zero-order valence-corrected chi connectivity index (χ0v) is 16.9. The van der Waals surface area contributed by atoms with Crippen molar-refractivity contribution >= 4 is 40.3 Å². The third-order valence-electron chi connectivity index (χ3n) is 4.31. The second-order valence-electron chi connectivity index (χ2n) is 6.03. The molecule has 0 bridgehead atoms. The van der Waals surface area contributed by atoms with Gasteiger partial charge in [0.1, 0.15) is 10.8 Å². The number of halogens is 2. The number of carbonyl (C=O) groups excluding carboxylic acids is 1. The Morgan fingerprint density at radius 3 is 2.73 bits per heavy atom. The molecule has 0 aliphatic carbocycles. The summed E-state index contributed by atoms with van der Waals surface area (Å²) >= 11 is 13.8. The molecule has 0 atom stereocenters. The molecule has 0 radical (unpaired) electrons. The number of thiophene rings is 1. The molecule has 136 valence electrons. The first-order chi connectivity index (χ1) is 12.5. The van der Waals surface area contributed by atoms with Crippen LogP contribution in [-0.2, 0) is 13.0 Å². The largest absolute Gasteiger partial charge is 0.484 e. The van der Waals surface area contributed by atoms with E-state index >= 15 is 0 Å². The van der Waals surface area contributed by atoms with E-state index in [1.54, 1.807) is 29.5 Å². The molecule has 2 heterocycles. The monoisotopic (exact) mass is 407 g/mol. The first-order valence-corrected chi connectivity index (χ1v) is 9.90. The average Bonchev–Trinajstić information content (AvgIpc) is 3.23. The maximum absolute atomic E-state index is 12.6. The second kappa shape index (κ2) is 8.30. The molecule has 0 unspecified atom stereocenters. The average molecular weight is 408 g/mol. The van der Waals surface area contributed by atoms with Crippen LogP contribution in [0.3, 0.4) is 0 Å². The van der Waals surface area contributed by atoms with Crippen molar-refractivity contribution in [1.82, 2.24) is 4.57 Å². The van der Waals surface area contributed by atoms with Gasteiger partial charge in [-0.3, -0.25) is 4.79 Å². The quantitative estimate of drug-likeness (QED) is 0.451. The van der Waals surface area contributed by atoms with E-state index in [1.807, 2.05) is 19.9 Å². The zero-order chi connectivity index (χ0) is 18.7. The number of carbonyl (C=O) groups is 1. The van der Waals surface area contributed by atoms with Crippen molar-refractivity contribution in [2.45, 2.75) is 26.8 Å². The Bertz CT molecular complexity index is 916. The van der Waals surface area contributed by atoms with E-state index < -0.39 is 0 Å². The van der Waals surface area contributed by atoms with Gasteiger partial charge in [-0.15, -0.1) is 11.3 Å². The van der Waals surface area contributed by atoms with Crippen molar-refractivity contribution in [1.29, 1.82) is 0 Å². The van der Waals surface area contributed by atoms with Crippen molar-refractivity contribution < 1.29 is 9.53 Å². The lowest BCUT2D eigenvalue weighted by atomic mass is 10.1. The number of hydrogen-bond donors (Lipinski definition) is 0. The Hall–Kier alpha value is -1.75. The van der Waals surface area contributed by atoms with E-state index in [0.717, 1.165) is 24.4 Å².